The van der Waals surface area contributed by atoms with E-state index in [-0.39, 0.29) is 30.6 Å². The van der Waals surface area contributed by atoms with Crippen molar-refractivity contribution in [3.8, 4) is 11.3 Å². The fourth-order valence-corrected chi connectivity index (χ4v) is 2.06. The molecule has 3 rings (SSSR count). The highest BCUT2D eigenvalue weighted by atomic mass is 35.5. The molecule has 0 saturated carbocycles. The Balaban J connectivity index is 0.000001000. The van der Waals surface area contributed by atoms with Crippen molar-refractivity contribution in [1.82, 2.24) is 4.98 Å². The van der Waals surface area contributed by atoms with Gasteiger partial charge in [-0.05, 0) is 17.7 Å². The van der Waals surface area contributed by atoms with E-state index in [0.717, 1.165) is 22.3 Å². The van der Waals surface area contributed by atoms with Crippen molar-refractivity contribution in [2.75, 3.05) is 0 Å². The summed E-state index contributed by atoms with van der Waals surface area (Å²) in [6.45, 7) is 0. The Morgan fingerprint density at radius 1 is 0.950 bits per heavy atom. The maximum Gasteiger partial charge on any atom is 0.122 e. The van der Waals surface area contributed by atoms with Crippen molar-refractivity contribution in [2.45, 2.75) is 0 Å². The van der Waals surface area contributed by atoms with E-state index in [4.69, 9.17) is 11.1 Å². The lowest BCUT2D eigenvalue weighted by atomic mass is 10.1. The molecule has 0 aliphatic heterocycles. The molecule has 20 heavy (non-hydrogen) atoms. The van der Waals surface area contributed by atoms with E-state index in [1.165, 1.54) is 5.39 Å². The molecule has 0 aliphatic rings. The summed E-state index contributed by atoms with van der Waals surface area (Å²) in [5.74, 6) is 0.0956. The maximum atomic E-state index is 7.37. The molecule has 104 valence electrons. The summed E-state index contributed by atoms with van der Waals surface area (Å²) in [5, 5.41) is 8.57. The van der Waals surface area contributed by atoms with Gasteiger partial charge in [0.25, 0.3) is 0 Å². The summed E-state index contributed by atoms with van der Waals surface area (Å²) < 4.78 is 0. The fourth-order valence-electron chi connectivity index (χ4n) is 2.06. The van der Waals surface area contributed by atoms with Gasteiger partial charge < -0.3 is 10.7 Å². The van der Waals surface area contributed by atoms with Gasteiger partial charge in [-0.25, -0.2) is 0 Å². The lowest BCUT2D eigenvalue weighted by Gasteiger charge is -2.00. The number of amidine groups is 1. The summed E-state index contributed by atoms with van der Waals surface area (Å²) in [6, 6.07) is 18.0. The van der Waals surface area contributed by atoms with Crippen molar-refractivity contribution in [3.63, 3.8) is 0 Å². The van der Waals surface area contributed by atoms with Crippen molar-refractivity contribution in [1.29, 1.82) is 5.41 Å². The van der Waals surface area contributed by atoms with E-state index in [0.29, 0.717) is 0 Å². The first-order valence-electron chi connectivity index (χ1n) is 5.76. The summed E-state index contributed by atoms with van der Waals surface area (Å²) in [5.41, 5.74) is 9.48. The molecule has 5 heteroatoms. The quantitative estimate of drug-likeness (QED) is 0.487. The third kappa shape index (κ3) is 2.95. The van der Waals surface area contributed by atoms with Crippen LogP contribution in [-0.4, -0.2) is 10.8 Å². The van der Waals surface area contributed by atoms with Crippen LogP contribution >= 0.6 is 24.8 Å². The molecule has 0 radical (unpaired) electrons. The summed E-state index contributed by atoms with van der Waals surface area (Å²) >= 11 is 0. The molecular weight excluding hydrogens is 293 g/mol. The highest BCUT2D eigenvalue weighted by Gasteiger charge is 2.03. The van der Waals surface area contributed by atoms with E-state index < -0.39 is 0 Å². The SMILES string of the molecule is Cl.Cl.N=C(N)c1ccc(-c2cc3ccccc3[nH]2)cc1. The highest BCUT2D eigenvalue weighted by Crippen LogP contribution is 2.24. The molecule has 0 spiro atoms. The second-order valence-electron chi connectivity index (χ2n) is 4.26. The Labute approximate surface area is 129 Å². The molecule has 0 unspecified atom stereocenters. The second-order valence-corrected chi connectivity index (χ2v) is 4.26. The van der Waals surface area contributed by atoms with Crippen LogP contribution in [0.15, 0.2) is 54.6 Å². The van der Waals surface area contributed by atoms with Gasteiger partial charge in [0.05, 0.1) is 0 Å². The number of nitrogens with one attached hydrogen (secondary N) is 2. The lowest BCUT2D eigenvalue weighted by Crippen LogP contribution is -2.10. The van der Waals surface area contributed by atoms with E-state index in [9.17, 15) is 0 Å². The first kappa shape index (κ1) is 16.1. The lowest BCUT2D eigenvalue weighted by molar-refractivity contribution is 1.41. The van der Waals surface area contributed by atoms with Crippen LogP contribution in [0.2, 0.25) is 0 Å². The van der Waals surface area contributed by atoms with Crippen molar-refractivity contribution >= 4 is 41.6 Å². The molecule has 0 saturated heterocycles. The minimum Gasteiger partial charge on any atom is -0.384 e. The molecule has 3 aromatic rings. The van der Waals surface area contributed by atoms with E-state index in [1.807, 2.05) is 36.4 Å². The van der Waals surface area contributed by atoms with Gasteiger partial charge in [-0.3, -0.25) is 5.41 Å². The zero-order valence-corrected chi connectivity index (χ0v) is 12.2. The van der Waals surface area contributed by atoms with Gasteiger partial charge in [0.2, 0.25) is 0 Å². The number of hydrogen-bond donors (Lipinski definition) is 3. The molecule has 0 bridgehead atoms. The van der Waals surface area contributed by atoms with Crippen LogP contribution in [0.3, 0.4) is 0 Å². The van der Waals surface area contributed by atoms with Crippen LogP contribution in [0.25, 0.3) is 22.2 Å². The summed E-state index contributed by atoms with van der Waals surface area (Å²) in [7, 11) is 0. The predicted molar refractivity (Wildman–Crippen MR) is 89.2 cm³/mol. The average Bonchev–Trinajstić information content (AvgIpc) is 2.82. The van der Waals surface area contributed by atoms with Gasteiger partial charge in [-0.15, -0.1) is 24.8 Å². The number of halogens is 2. The molecule has 0 fully saturated rings. The Morgan fingerprint density at radius 3 is 2.20 bits per heavy atom. The number of H-pyrrole nitrogens is 1. The standard InChI is InChI=1S/C15H13N3.2ClH/c16-15(17)11-7-5-10(6-8-11)14-9-12-3-1-2-4-13(12)18-14;;/h1-9,18H,(H3,16,17);2*1H. The van der Waals surface area contributed by atoms with Crippen LogP contribution in [0.1, 0.15) is 5.56 Å². The van der Waals surface area contributed by atoms with E-state index >= 15 is 0 Å². The molecule has 1 aromatic heterocycles. The van der Waals surface area contributed by atoms with E-state index in [2.05, 4.69) is 23.2 Å². The minimum atomic E-state index is 0. The normalized spacial score (nSPS) is 9.60. The molecule has 0 aliphatic carbocycles. The monoisotopic (exact) mass is 307 g/mol. The zero-order chi connectivity index (χ0) is 12.5. The molecule has 1 heterocycles. The zero-order valence-electron chi connectivity index (χ0n) is 10.6. The van der Waals surface area contributed by atoms with Crippen molar-refractivity contribution < 1.29 is 0 Å². The van der Waals surface area contributed by atoms with E-state index in [1.54, 1.807) is 0 Å². The number of nitrogens with two attached hydrogens (primary N) is 1. The Morgan fingerprint density at radius 2 is 1.60 bits per heavy atom. The summed E-state index contributed by atoms with van der Waals surface area (Å²) in [4.78, 5) is 3.38. The van der Waals surface area contributed by atoms with Gasteiger partial charge in [-0.2, -0.15) is 0 Å². The third-order valence-corrected chi connectivity index (χ3v) is 3.04. The Kier molecular flexibility index (Phi) is 5.19. The van der Waals surface area contributed by atoms with Gasteiger partial charge >= 0.3 is 0 Å². The predicted octanol–water partition coefficient (Wildman–Crippen LogP) is 3.96. The van der Waals surface area contributed by atoms with Crippen LogP contribution in [0.4, 0.5) is 0 Å². The number of fused-ring (bicyclic) bond motifs is 1. The first-order valence-corrected chi connectivity index (χ1v) is 5.76. The number of aromatic nitrogens is 1. The topological polar surface area (TPSA) is 65.7 Å². The molecule has 2 aromatic carbocycles. The number of nitrogen functional groups attached to an aromatic ring is 1. The van der Waals surface area contributed by atoms with Gasteiger partial charge in [-0.1, -0.05) is 42.5 Å². The number of hydrogen-bond acceptors (Lipinski definition) is 1. The Bertz CT molecular complexity index is 684. The summed E-state index contributed by atoms with van der Waals surface area (Å²) in [6.07, 6.45) is 0. The number of benzene rings is 2. The van der Waals surface area contributed by atoms with Gasteiger partial charge in [0.15, 0.2) is 0 Å². The highest BCUT2D eigenvalue weighted by molar-refractivity contribution is 5.95. The smallest absolute Gasteiger partial charge is 0.122 e. The second kappa shape index (κ2) is 6.46. The average molecular weight is 308 g/mol. The van der Waals surface area contributed by atoms with Gasteiger partial charge in [0, 0.05) is 22.2 Å². The largest absolute Gasteiger partial charge is 0.384 e. The molecule has 0 atom stereocenters. The molecule has 0 amide bonds. The fraction of sp³-hybridized carbons (Fsp3) is 0. The number of rotatable bonds is 2. The molecule has 4 N–H and O–H groups in total. The molecular formula is C15H15Cl2N3. The Hall–Kier alpha value is -1.97. The number of para-hydroxylation sites is 1. The van der Waals surface area contributed by atoms with Crippen LogP contribution in [0.5, 0.6) is 0 Å². The minimum absolute atomic E-state index is 0. The van der Waals surface area contributed by atoms with Crippen molar-refractivity contribution in [3.05, 3.63) is 60.2 Å². The maximum absolute atomic E-state index is 7.37. The van der Waals surface area contributed by atoms with Crippen LogP contribution < -0.4 is 5.73 Å². The van der Waals surface area contributed by atoms with Crippen LogP contribution in [-0.2, 0) is 0 Å². The first-order chi connectivity index (χ1) is 8.74. The third-order valence-electron chi connectivity index (χ3n) is 3.04. The van der Waals surface area contributed by atoms with Crippen LogP contribution in [0, 0.1) is 5.41 Å². The van der Waals surface area contributed by atoms with Crippen molar-refractivity contribution in [2.24, 2.45) is 5.73 Å². The van der Waals surface area contributed by atoms with Gasteiger partial charge in [0.1, 0.15) is 5.84 Å². The molecule has 3 nitrogen and oxygen atoms in total. The number of aromatic amines is 1.